The molecule has 1 atom stereocenters. The average Bonchev–Trinajstić information content (AvgIpc) is 2.87. The largest absolute Gasteiger partial charge is 0.458 e. The zero-order valence-electron chi connectivity index (χ0n) is 12.4. The number of hydrogen-bond acceptors (Lipinski definition) is 6. The van der Waals surface area contributed by atoms with Gasteiger partial charge in [-0.2, -0.15) is 0 Å². The Morgan fingerprint density at radius 1 is 1.14 bits per heavy atom. The van der Waals surface area contributed by atoms with E-state index >= 15 is 0 Å². The Labute approximate surface area is 133 Å². The SMILES string of the molecule is CC(OC(=O)c1cc2cc3c(cc2o1)OC=CO3)N(C)C.Cl. The van der Waals surface area contributed by atoms with Crippen LogP contribution in [0.25, 0.3) is 11.0 Å². The molecular formula is C15H16ClNO5. The van der Waals surface area contributed by atoms with E-state index in [-0.39, 0.29) is 24.4 Å². The Hall–Kier alpha value is -2.18. The summed E-state index contributed by atoms with van der Waals surface area (Å²) in [6.45, 7) is 1.78. The smallest absolute Gasteiger partial charge is 0.375 e. The molecule has 0 spiro atoms. The summed E-state index contributed by atoms with van der Waals surface area (Å²) in [4.78, 5) is 13.8. The van der Waals surface area contributed by atoms with Crippen molar-refractivity contribution in [2.75, 3.05) is 14.1 Å². The number of ether oxygens (including phenoxy) is 3. The van der Waals surface area contributed by atoms with Crippen LogP contribution in [-0.4, -0.2) is 31.2 Å². The van der Waals surface area contributed by atoms with Crippen LogP contribution in [0.15, 0.2) is 35.1 Å². The van der Waals surface area contributed by atoms with Crippen molar-refractivity contribution in [3.8, 4) is 11.5 Å². The Morgan fingerprint density at radius 2 is 1.77 bits per heavy atom. The van der Waals surface area contributed by atoms with Crippen molar-refractivity contribution in [2.24, 2.45) is 0 Å². The van der Waals surface area contributed by atoms with E-state index in [9.17, 15) is 4.79 Å². The fourth-order valence-corrected chi connectivity index (χ4v) is 1.85. The second kappa shape index (κ2) is 6.29. The lowest BCUT2D eigenvalue weighted by molar-refractivity contribution is -0.00817. The van der Waals surface area contributed by atoms with Crippen LogP contribution < -0.4 is 9.47 Å². The number of carbonyl (C=O) groups excluding carboxylic acids is 1. The van der Waals surface area contributed by atoms with Crippen molar-refractivity contribution in [3.05, 3.63) is 36.5 Å². The first-order valence-corrected chi connectivity index (χ1v) is 6.48. The van der Waals surface area contributed by atoms with E-state index in [0.717, 1.165) is 5.39 Å². The van der Waals surface area contributed by atoms with Gasteiger partial charge in [0.05, 0.1) is 0 Å². The van der Waals surface area contributed by atoms with E-state index in [1.807, 2.05) is 14.1 Å². The maximum absolute atomic E-state index is 12.0. The number of rotatable bonds is 3. The van der Waals surface area contributed by atoms with Gasteiger partial charge in [-0.1, -0.05) is 0 Å². The minimum atomic E-state index is -0.509. The molecule has 2 heterocycles. The predicted octanol–water partition coefficient (Wildman–Crippen LogP) is 3.16. The van der Waals surface area contributed by atoms with Crippen LogP contribution in [0.2, 0.25) is 0 Å². The van der Waals surface area contributed by atoms with Crippen molar-refractivity contribution < 1.29 is 23.4 Å². The highest BCUT2D eigenvalue weighted by Crippen LogP contribution is 2.36. The topological polar surface area (TPSA) is 61.1 Å². The molecule has 2 aromatic rings. The molecule has 0 radical (unpaired) electrons. The third-order valence-corrected chi connectivity index (χ3v) is 3.23. The molecular weight excluding hydrogens is 310 g/mol. The number of hydrogen-bond donors (Lipinski definition) is 0. The van der Waals surface area contributed by atoms with Crippen molar-refractivity contribution in [1.29, 1.82) is 0 Å². The summed E-state index contributed by atoms with van der Waals surface area (Å²) < 4.78 is 21.4. The van der Waals surface area contributed by atoms with Gasteiger partial charge in [0.25, 0.3) is 0 Å². The molecule has 1 aliphatic heterocycles. The molecule has 1 aromatic heterocycles. The van der Waals surface area contributed by atoms with Gasteiger partial charge in [-0.3, -0.25) is 4.90 Å². The van der Waals surface area contributed by atoms with Crippen LogP contribution in [0.1, 0.15) is 17.5 Å². The molecule has 3 rings (SSSR count). The molecule has 118 valence electrons. The van der Waals surface area contributed by atoms with Crippen LogP contribution in [0.4, 0.5) is 0 Å². The molecule has 7 heteroatoms. The lowest BCUT2D eigenvalue weighted by Crippen LogP contribution is -2.29. The third kappa shape index (κ3) is 3.03. The number of esters is 1. The molecule has 0 amide bonds. The lowest BCUT2D eigenvalue weighted by atomic mass is 10.2. The molecule has 0 aliphatic carbocycles. The number of benzene rings is 1. The quantitative estimate of drug-likeness (QED) is 0.638. The number of fused-ring (bicyclic) bond motifs is 2. The highest BCUT2D eigenvalue weighted by Gasteiger charge is 2.20. The molecule has 0 saturated carbocycles. The van der Waals surface area contributed by atoms with Crippen LogP contribution in [0, 0.1) is 0 Å². The monoisotopic (exact) mass is 325 g/mol. The first kappa shape index (κ1) is 16.2. The lowest BCUT2D eigenvalue weighted by Gasteiger charge is -2.18. The maximum Gasteiger partial charge on any atom is 0.375 e. The second-order valence-electron chi connectivity index (χ2n) is 4.92. The molecule has 0 bridgehead atoms. The molecule has 1 aliphatic rings. The van der Waals surface area contributed by atoms with E-state index in [2.05, 4.69) is 0 Å². The van der Waals surface area contributed by atoms with Crippen molar-refractivity contribution in [3.63, 3.8) is 0 Å². The molecule has 0 saturated heterocycles. The van der Waals surface area contributed by atoms with E-state index < -0.39 is 5.97 Å². The minimum Gasteiger partial charge on any atom is -0.458 e. The van der Waals surface area contributed by atoms with Gasteiger partial charge in [-0.25, -0.2) is 4.79 Å². The van der Waals surface area contributed by atoms with Gasteiger partial charge < -0.3 is 18.6 Å². The summed E-state index contributed by atoms with van der Waals surface area (Å²) in [6, 6.07) is 5.06. The van der Waals surface area contributed by atoms with Crippen LogP contribution in [-0.2, 0) is 4.74 Å². The van der Waals surface area contributed by atoms with Crippen LogP contribution >= 0.6 is 12.4 Å². The van der Waals surface area contributed by atoms with E-state index in [0.29, 0.717) is 17.1 Å². The second-order valence-corrected chi connectivity index (χ2v) is 4.92. The van der Waals surface area contributed by atoms with Gasteiger partial charge in [-0.05, 0) is 33.2 Å². The zero-order valence-corrected chi connectivity index (χ0v) is 13.2. The Kier molecular flexibility index (Phi) is 4.63. The first-order valence-electron chi connectivity index (χ1n) is 6.48. The Balaban J connectivity index is 0.00000176. The molecule has 22 heavy (non-hydrogen) atoms. The minimum absolute atomic E-state index is 0. The first-order chi connectivity index (χ1) is 10.0. The van der Waals surface area contributed by atoms with Crippen LogP contribution in [0.3, 0.4) is 0 Å². The highest BCUT2D eigenvalue weighted by molar-refractivity contribution is 5.93. The summed E-state index contributed by atoms with van der Waals surface area (Å²) in [5, 5.41) is 0.747. The van der Waals surface area contributed by atoms with Gasteiger partial charge in [0, 0.05) is 11.5 Å². The molecule has 1 unspecified atom stereocenters. The molecule has 6 nitrogen and oxygen atoms in total. The number of furan rings is 1. The van der Waals surface area contributed by atoms with Gasteiger partial charge >= 0.3 is 5.97 Å². The number of carbonyl (C=O) groups is 1. The normalized spacial score (nSPS) is 13.8. The third-order valence-electron chi connectivity index (χ3n) is 3.23. The van der Waals surface area contributed by atoms with Crippen molar-refractivity contribution in [2.45, 2.75) is 13.2 Å². The Bertz CT molecular complexity index is 677. The molecule has 0 fully saturated rings. The maximum atomic E-state index is 12.0. The average molecular weight is 326 g/mol. The summed E-state index contributed by atoms with van der Waals surface area (Å²) in [5.74, 6) is 0.757. The molecule has 0 N–H and O–H groups in total. The summed E-state index contributed by atoms with van der Waals surface area (Å²) in [5.41, 5.74) is 0.539. The van der Waals surface area contributed by atoms with Gasteiger partial charge in [0.2, 0.25) is 5.76 Å². The fourth-order valence-electron chi connectivity index (χ4n) is 1.85. The van der Waals surface area contributed by atoms with E-state index in [4.69, 9.17) is 18.6 Å². The zero-order chi connectivity index (χ0) is 15.0. The number of nitrogens with zero attached hydrogens (tertiary/aromatic N) is 1. The number of halogens is 1. The predicted molar refractivity (Wildman–Crippen MR) is 82.4 cm³/mol. The van der Waals surface area contributed by atoms with E-state index in [1.165, 1.54) is 12.5 Å². The highest BCUT2D eigenvalue weighted by atomic mass is 35.5. The standard InChI is InChI=1S/C15H15NO5.ClH/c1-9(16(2)3)20-15(17)14-7-10-6-12-13(8-11(10)21-14)19-5-4-18-12;/h4-9H,1-3H3;1H. The molecule has 1 aromatic carbocycles. The Morgan fingerprint density at radius 3 is 2.41 bits per heavy atom. The fraction of sp³-hybridized carbons (Fsp3) is 0.267. The van der Waals surface area contributed by atoms with E-state index in [1.54, 1.807) is 30.0 Å². The van der Waals surface area contributed by atoms with Crippen molar-refractivity contribution >= 4 is 29.3 Å². The van der Waals surface area contributed by atoms with Gasteiger partial charge in [-0.15, -0.1) is 12.4 Å². The summed E-state index contributed by atoms with van der Waals surface area (Å²) in [7, 11) is 3.65. The van der Waals surface area contributed by atoms with Gasteiger partial charge in [0.1, 0.15) is 18.1 Å². The van der Waals surface area contributed by atoms with Crippen LogP contribution in [0.5, 0.6) is 11.5 Å². The summed E-state index contributed by atoms with van der Waals surface area (Å²) in [6.07, 6.45) is 2.54. The van der Waals surface area contributed by atoms with Crippen molar-refractivity contribution in [1.82, 2.24) is 4.90 Å². The summed E-state index contributed by atoms with van der Waals surface area (Å²) >= 11 is 0. The van der Waals surface area contributed by atoms with Gasteiger partial charge in [0.15, 0.2) is 17.7 Å².